The van der Waals surface area contributed by atoms with E-state index in [0.717, 1.165) is 12.6 Å². The molecule has 8 heteroatoms. The molecule has 1 aliphatic heterocycles. The summed E-state index contributed by atoms with van der Waals surface area (Å²) in [5, 5.41) is 16.8. The number of hydrogen-bond acceptors (Lipinski definition) is 4. The Balaban J connectivity index is 2.17. The lowest BCUT2D eigenvalue weighted by molar-refractivity contribution is -0.136. The van der Waals surface area contributed by atoms with E-state index in [-0.39, 0.29) is 17.4 Å². The van der Waals surface area contributed by atoms with Crippen molar-refractivity contribution < 1.29 is 23.1 Å². The summed E-state index contributed by atoms with van der Waals surface area (Å²) in [6.07, 6.45) is -3.88. The maximum absolute atomic E-state index is 13.5. The molecule has 1 aromatic carbocycles. The summed E-state index contributed by atoms with van der Waals surface area (Å²) >= 11 is 0. The smallest absolute Gasteiger partial charge is 0.383 e. The van der Waals surface area contributed by atoms with Gasteiger partial charge < -0.3 is 15.7 Å². The molecule has 0 aliphatic carbocycles. The summed E-state index contributed by atoms with van der Waals surface area (Å²) in [6, 6.07) is 5.63. The molecule has 2 aromatic rings. The van der Waals surface area contributed by atoms with Crippen LogP contribution in [0.1, 0.15) is 38.3 Å². The van der Waals surface area contributed by atoms with Crippen molar-refractivity contribution >= 4 is 16.8 Å². The van der Waals surface area contributed by atoms with Crippen molar-refractivity contribution in [1.82, 2.24) is 15.6 Å². The van der Waals surface area contributed by atoms with Crippen molar-refractivity contribution in [2.75, 3.05) is 13.1 Å². The van der Waals surface area contributed by atoms with Crippen LogP contribution in [0, 0.1) is 11.8 Å². The van der Waals surface area contributed by atoms with Crippen molar-refractivity contribution in [2.45, 2.75) is 45.0 Å². The van der Waals surface area contributed by atoms with Gasteiger partial charge in [0.25, 0.3) is 0 Å². The van der Waals surface area contributed by atoms with Gasteiger partial charge in [0.15, 0.2) is 0 Å². The number of carbonyl (C=O) groups is 1. The molecule has 5 nitrogen and oxygen atoms in total. The molecule has 1 aromatic heterocycles. The van der Waals surface area contributed by atoms with Crippen LogP contribution in [-0.2, 0) is 16.5 Å². The Morgan fingerprint density at radius 3 is 2.69 bits per heavy atom. The van der Waals surface area contributed by atoms with E-state index in [9.17, 15) is 23.1 Å². The highest BCUT2D eigenvalue weighted by atomic mass is 19.4. The molecular weight excluding hydrogens is 383 g/mol. The first-order valence-corrected chi connectivity index (χ1v) is 9.71. The van der Waals surface area contributed by atoms with Crippen LogP contribution in [-0.4, -0.2) is 35.2 Å². The highest BCUT2D eigenvalue weighted by molar-refractivity contribution is 5.88. The zero-order chi connectivity index (χ0) is 21.4. The number of alkyl halides is 3. The molecule has 29 heavy (non-hydrogen) atoms. The highest BCUT2D eigenvalue weighted by Crippen LogP contribution is 2.40. The van der Waals surface area contributed by atoms with E-state index in [4.69, 9.17) is 0 Å². The fraction of sp³-hybridized carbons (Fsp3) is 0.524. The SMILES string of the molecule is CC(C)[C@H](O)C(=O)N[C@]1(c2ccc(C(F)(F)F)c3ncccc23)CNC[C@@H](C)C1. The molecule has 0 bridgehead atoms. The van der Waals surface area contributed by atoms with E-state index >= 15 is 0 Å². The Hall–Kier alpha value is -2.19. The van der Waals surface area contributed by atoms with E-state index in [1.54, 1.807) is 26.0 Å². The average molecular weight is 409 g/mol. The third kappa shape index (κ3) is 4.23. The van der Waals surface area contributed by atoms with Crippen LogP contribution < -0.4 is 10.6 Å². The zero-order valence-corrected chi connectivity index (χ0v) is 16.7. The first-order valence-electron chi connectivity index (χ1n) is 9.71. The molecule has 0 radical (unpaired) electrons. The number of piperidine rings is 1. The fourth-order valence-corrected chi connectivity index (χ4v) is 4.07. The Morgan fingerprint density at radius 2 is 2.07 bits per heavy atom. The zero-order valence-electron chi connectivity index (χ0n) is 16.7. The second-order valence-corrected chi connectivity index (χ2v) is 8.26. The highest BCUT2D eigenvalue weighted by Gasteiger charge is 2.42. The van der Waals surface area contributed by atoms with Gasteiger partial charge in [-0.3, -0.25) is 9.78 Å². The maximum atomic E-state index is 13.5. The van der Waals surface area contributed by atoms with Crippen LogP contribution in [0.5, 0.6) is 0 Å². The fourth-order valence-electron chi connectivity index (χ4n) is 4.07. The lowest BCUT2D eigenvalue weighted by Crippen LogP contribution is -2.59. The molecular formula is C21H26F3N3O2. The molecule has 1 saturated heterocycles. The van der Waals surface area contributed by atoms with Gasteiger partial charge in [0.1, 0.15) is 6.10 Å². The molecule has 2 heterocycles. The standard InChI is InChI=1S/C21H26F3N3O2/c1-12(2)18(28)19(29)27-20(9-13(3)10-25-11-20)15-6-7-16(21(22,23)24)17-14(15)5-4-8-26-17/h4-8,12-13,18,25,28H,9-11H2,1-3H3,(H,27,29)/t13-,18-,20-/m0/s1. The molecule has 3 N–H and O–H groups in total. The number of nitrogens with zero attached hydrogens (tertiary/aromatic N) is 1. The second kappa shape index (κ2) is 7.91. The normalized spacial score (nSPS) is 23.9. The Bertz CT molecular complexity index is 900. The number of amides is 1. The number of hydrogen-bond donors (Lipinski definition) is 3. The average Bonchev–Trinajstić information content (AvgIpc) is 2.65. The van der Waals surface area contributed by atoms with Crippen LogP contribution in [0.3, 0.4) is 0 Å². The molecule has 1 amide bonds. The van der Waals surface area contributed by atoms with E-state index in [1.807, 2.05) is 6.92 Å². The van der Waals surface area contributed by atoms with E-state index < -0.39 is 29.3 Å². The van der Waals surface area contributed by atoms with Crippen molar-refractivity contribution in [3.63, 3.8) is 0 Å². The number of pyridine rings is 1. The minimum Gasteiger partial charge on any atom is -0.383 e. The summed E-state index contributed by atoms with van der Waals surface area (Å²) in [5.41, 5.74) is -1.33. The van der Waals surface area contributed by atoms with Crippen molar-refractivity contribution in [1.29, 1.82) is 0 Å². The number of nitrogens with one attached hydrogen (secondary N) is 2. The van der Waals surface area contributed by atoms with Gasteiger partial charge in [-0.05, 0) is 42.5 Å². The van der Waals surface area contributed by atoms with Crippen LogP contribution >= 0.6 is 0 Å². The van der Waals surface area contributed by atoms with E-state index in [0.29, 0.717) is 23.9 Å². The molecule has 3 rings (SSSR count). The Kier molecular flexibility index (Phi) is 5.87. The van der Waals surface area contributed by atoms with Crippen LogP contribution in [0.2, 0.25) is 0 Å². The van der Waals surface area contributed by atoms with Gasteiger partial charge in [0.2, 0.25) is 5.91 Å². The number of aliphatic hydroxyl groups excluding tert-OH is 1. The molecule has 3 atom stereocenters. The van der Waals surface area contributed by atoms with E-state index in [1.165, 1.54) is 12.3 Å². The molecule has 0 unspecified atom stereocenters. The largest absolute Gasteiger partial charge is 0.418 e. The summed E-state index contributed by atoms with van der Waals surface area (Å²) in [5.74, 6) is -0.644. The van der Waals surface area contributed by atoms with Gasteiger partial charge in [-0.1, -0.05) is 32.9 Å². The minimum atomic E-state index is -4.53. The second-order valence-electron chi connectivity index (χ2n) is 8.26. The van der Waals surface area contributed by atoms with Gasteiger partial charge in [-0.2, -0.15) is 13.2 Å². The monoisotopic (exact) mass is 409 g/mol. The van der Waals surface area contributed by atoms with Gasteiger partial charge in [0.05, 0.1) is 16.6 Å². The van der Waals surface area contributed by atoms with Gasteiger partial charge in [0, 0.05) is 18.1 Å². The third-order valence-electron chi connectivity index (χ3n) is 5.47. The predicted molar refractivity (Wildman–Crippen MR) is 104 cm³/mol. The van der Waals surface area contributed by atoms with Crippen molar-refractivity contribution in [2.24, 2.45) is 11.8 Å². The van der Waals surface area contributed by atoms with Crippen molar-refractivity contribution in [3.8, 4) is 0 Å². The molecule has 158 valence electrons. The van der Waals surface area contributed by atoms with Crippen LogP contribution in [0.15, 0.2) is 30.5 Å². The first-order chi connectivity index (χ1) is 13.5. The Morgan fingerprint density at radius 1 is 1.34 bits per heavy atom. The Labute approximate surface area is 167 Å². The third-order valence-corrected chi connectivity index (χ3v) is 5.47. The van der Waals surface area contributed by atoms with Crippen LogP contribution in [0.4, 0.5) is 13.2 Å². The van der Waals surface area contributed by atoms with Crippen molar-refractivity contribution in [3.05, 3.63) is 41.6 Å². The molecule has 1 fully saturated rings. The van der Waals surface area contributed by atoms with Gasteiger partial charge in [-0.15, -0.1) is 0 Å². The number of carbonyl (C=O) groups excluding carboxylic acids is 1. The van der Waals surface area contributed by atoms with Gasteiger partial charge >= 0.3 is 6.18 Å². The summed E-state index contributed by atoms with van der Waals surface area (Å²) < 4.78 is 40.5. The minimum absolute atomic E-state index is 0.145. The number of benzene rings is 1. The lowest BCUT2D eigenvalue weighted by Gasteiger charge is -2.43. The molecule has 0 saturated carbocycles. The van der Waals surface area contributed by atoms with Gasteiger partial charge in [-0.25, -0.2) is 0 Å². The lowest BCUT2D eigenvalue weighted by atomic mass is 9.77. The topological polar surface area (TPSA) is 74.2 Å². The number of rotatable bonds is 4. The van der Waals surface area contributed by atoms with E-state index in [2.05, 4.69) is 15.6 Å². The van der Waals surface area contributed by atoms with Crippen LogP contribution in [0.25, 0.3) is 10.9 Å². The first kappa shape index (κ1) is 21.5. The number of halogens is 3. The molecule has 0 spiro atoms. The quantitative estimate of drug-likeness (QED) is 0.725. The number of fused-ring (bicyclic) bond motifs is 1. The number of aromatic nitrogens is 1. The summed E-state index contributed by atoms with van der Waals surface area (Å²) in [4.78, 5) is 16.7. The predicted octanol–water partition coefficient (Wildman–Crippen LogP) is 3.21. The molecule has 1 aliphatic rings. The summed E-state index contributed by atoms with van der Waals surface area (Å²) in [7, 11) is 0. The summed E-state index contributed by atoms with van der Waals surface area (Å²) in [6.45, 7) is 6.56. The number of aliphatic hydroxyl groups is 1. The maximum Gasteiger partial charge on any atom is 0.418 e.